The third kappa shape index (κ3) is 6.85. The number of pyridine rings is 1. The van der Waals surface area contributed by atoms with Crippen molar-refractivity contribution in [1.29, 1.82) is 0 Å². The number of hydrogen-bond acceptors (Lipinski definition) is 7. The van der Waals surface area contributed by atoms with E-state index in [4.69, 9.17) is 24.4 Å². The summed E-state index contributed by atoms with van der Waals surface area (Å²) in [5, 5.41) is 12.0. The number of methoxy groups -OCH3 is 1. The summed E-state index contributed by atoms with van der Waals surface area (Å²) < 4.78 is 12.0. The van der Waals surface area contributed by atoms with Gasteiger partial charge >= 0.3 is 0 Å². The molecular weight excluding hydrogens is 468 g/mol. The van der Waals surface area contributed by atoms with E-state index in [1.165, 1.54) is 61.7 Å². The van der Waals surface area contributed by atoms with Gasteiger partial charge in [-0.2, -0.15) is 0 Å². The lowest BCUT2D eigenvalue weighted by Crippen LogP contribution is -2.42. The SMILES string of the molecule is COc1cc2c3c(c(NC4CCN(C(C)C)CC4)nc2cc1OCCCN1CCCC1)CCC3.O=CO. The highest BCUT2D eigenvalue weighted by molar-refractivity contribution is 5.89. The maximum Gasteiger partial charge on any atom is 0.290 e. The number of fused-ring (bicyclic) bond motifs is 3. The molecule has 0 spiro atoms. The second-order valence-corrected chi connectivity index (χ2v) is 10.7. The Bertz CT molecular complexity index is 1030. The van der Waals surface area contributed by atoms with E-state index in [2.05, 4.69) is 41.1 Å². The summed E-state index contributed by atoms with van der Waals surface area (Å²) in [5.74, 6) is 2.75. The molecule has 3 aliphatic rings. The zero-order valence-corrected chi connectivity index (χ0v) is 22.8. The molecule has 37 heavy (non-hydrogen) atoms. The molecule has 2 fully saturated rings. The molecule has 0 atom stereocenters. The molecule has 0 amide bonds. The lowest BCUT2D eigenvalue weighted by molar-refractivity contribution is -0.122. The van der Waals surface area contributed by atoms with Gasteiger partial charge in [-0.1, -0.05) is 0 Å². The maximum atomic E-state index is 8.36. The first-order valence-corrected chi connectivity index (χ1v) is 14.0. The second-order valence-electron chi connectivity index (χ2n) is 10.7. The van der Waals surface area contributed by atoms with Crippen LogP contribution in [0.4, 0.5) is 5.82 Å². The number of nitrogens with one attached hydrogen (secondary N) is 1. The van der Waals surface area contributed by atoms with E-state index in [1.807, 2.05) is 0 Å². The van der Waals surface area contributed by atoms with Gasteiger partial charge in [0.05, 0.1) is 19.2 Å². The van der Waals surface area contributed by atoms with Gasteiger partial charge in [0, 0.05) is 43.2 Å². The van der Waals surface area contributed by atoms with Crippen molar-refractivity contribution in [2.75, 3.05) is 51.8 Å². The molecule has 8 nitrogen and oxygen atoms in total. The van der Waals surface area contributed by atoms with Crippen LogP contribution in [-0.2, 0) is 17.6 Å². The van der Waals surface area contributed by atoms with Crippen LogP contribution in [-0.4, -0.2) is 84.9 Å². The van der Waals surface area contributed by atoms with Gasteiger partial charge in [0.25, 0.3) is 6.47 Å². The Labute approximate surface area is 221 Å². The molecule has 8 heteroatoms. The molecule has 3 heterocycles. The summed E-state index contributed by atoms with van der Waals surface area (Å²) in [6.45, 7) is 11.0. The molecule has 2 saturated heterocycles. The molecule has 1 aliphatic carbocycles. The fraction of sp³-hybridized carbons (Fsp3) is 0.655. The number of hydrogen-bond donors (Lipinski definition) is 2. The fourth-order valence-corrected chi connectivity index (χ4v) is 6.00. The van der Waals surface area contributed by atoms with E-state index in [1.54, 1.807) is 7.11 Å². The number of piperidine rings is 1. The van der Waals surface area contributed by atoms with E-state index < -0.39 is 0 Å². The Hall–Kier alpha value is -2.58. The van der Waals surface area contributed by atoms with Crippen LogP contribution < -0.4 is 14.8 Å². The zero-order chi connectivity index (χ0) is 26.2. The van der Waals surface area contributed by atoms with Gasteiger partial charge in [-0.05, 0) is 95.5 Å². The summed E-state index contributed by atoms with van der Waals surface area (Å²) in [6.07, 6.45) is 9.51. The van der Waals surface area contributed by atoms with E-state index in [0.717, 1.165) is 61.7 Å². The summed E-state index contributed by atoms with van der Waals surface area (Å²) in [7, 11) is 1.74. The Morgan fingerprint density at radius 3 is 2.46 bits per heavy atom. The number of likely N-dealkylation sites (tertiary alicyclic amines) is 2. The van der Waals surface area contributed by atoms with Crippen LogP contribution in [0, 0.1) is 0 Å². The van der Waals surface area contributed by atoms with Crippen LogP contribution in [0.15, 0.2) is 12.1 Å². The molecule has 0 radical (unpaired) electrons. The average Bonchev–Trinajstić information content (AvgIpc) is 3.60. The summed E-state index contributed by atoms with van der Waals surface area (Å²) in [6, 6.07) is 5.40. The third-order valence-corrected chi connectivity index (χ3v) is 8.02. The van der Waals surface area contributed by atoms with E-state index in [-0.39, 0.29) is 6.47 Å². The molecule has 0 bridgehead atoms. The number of benzene rings is 1. The number of ether oxygens (including phenoxy) is 2. The summed E-state index contributed by atoms with van der Waals surface area (Å²) >= 11 is 0. The normalized spacial score (nSPS) is 18.5. The monoisotopic (exact) mass is 512 g/mol. The van der Waals surface area contributed by atoms with Gasteiger partial charge in [0.2, 0.25) is 0 Å². The van der Waals surface area contributed by atoms with Gasteiger partial charge < -0.3 is 29.7 Å². The van der Waals surface area contributed by atoms with Crippen molar-refractivity contribution in [2.45, 2.75) is 77.3 Å². The van der Waals surface area contributed by atoms with Crippen LogP contribution in [0.3, 0.4) is 0 Å². The van der Waals surface area contributed by atoms with Gasteiger partial charge in [-0.15, -0.1) is 0 Å². The Morgan fingerprint density at radius 2 is 1.78 bits per heavy atom. The smallest absolute Gasteiger partial charge is 0.290 e. The number of carbonyl (C=O) groups is 1. The van der Waals surface area contributed by atoms with Crippen LogP contribution >= 0.6 is 0 Å². The Kier molecular flexibility index (Phi) is 9.86. The largest absolute Gasteiger partial charge is 0.493 e. The lowest BCUT2D eigenvalue weighted by atomic mass is 10.0. The molecule has 1 aromatic heterocycles. The predicted molar refractivity (Wildman–Crippen MR) is 148 cm³/mol. The van der Waals surface area contributed by atoms with Crippen LogP contribution in [0.5, 0.6) is 11.5 Å². The third-order valence-electron chi connectivity index (χ3n) is 8.02. The number of rotatable bonds is 9. The summed E-state index contributed by atoms with van der Waals surface area (Å²) in [4.78, 5) is 18.6. The Balaban J connectivity index is 0.00000102. The number of aryl methyl sites for hydroxylation is 1. The highest BCUT2D eigenvalue weighted by Crippen LogP contribution is 2.39. The van der Waals surface area contributed by atoms with Crippen molar-refractivity contribution in [3.8, 4) is 11.5 Å². The van der Waals surface area contributed by atoms with Crippen molar-refractivity contribution >= 4 is 23.2 Å². The molecule has 5 rings (SSSR count). The predicted octanol–water partition coefficient (Wildman–Crippen LogP) is 4.58. The molecule has 204 valence electrons. The number of aromatic nitrogens is 1. The number of anilines is 1. The molecule has 2 aromatic rings. The maximum absolute atomic E-state index is 8.36. The van der Waals surface area contributed by atoms with Crippen molar-refractivity contribution in [2.24, 2.45) is 0 Å². The highest BCUT2D eigenvalue weighted by atomic mass is 16.5. The highest BCUT2D eigenvalue weighted by Gasteiger charge is 2.25. The van der Waals surface area contributed by atoms with E-state index >= 15 is 0 Å². The van der Waals surface area contributed by atoms with Gasteiger partial charge in [-0.25, -0.2) is 4.98 Å². The summed E-state index contributed by atoms with van der Waals surface area (Å²) in [5.41, 5.74) is 3.89. The minimum Gasteiger partial charge on any atom is -0.493 e. The quantitative estimate of drug-likeness (QED) is 0.373. The number of nitrogens with zero attached hydrogens (tertiary/aromatic N) is 3. The van der Waals surface area contributed by atoms with Crippen molar-refractivity contribution in [3.63, 3.8) is 0 Å². The van der Waals surface area contributed by atoms with Gasteiger partial charge in [0.15, 0.2) is 11.5 Å². The lowest BCUT2D eigenvalue weighted by Gasteiger charge is -2.35. The van der Waals surface area contributed by atoms with Gasteiger partial charge in [0.1, 0.15) is 5.82 Å². The topological polar surface area (TPSA) is 87.2 Å². The average molecular weight is 513 g/mol. The van der Waals surface area contributed by atoms with Crippen LogP contribution in [0.25, 0.3) is 10.9 Å². The molecule has 0 saturated carbocycles. The first kappa shape index (κ1) is 27.5. The van der Waals surface area contributed by atoms with Crippen LogP contribution in [0.2, 0.25) is 0 Å². The standard InChI is InChI=1S/C28H42N4O2.CH2O2/c1-20(2)32-15-10-21(11-16-32)29-28-23-9-6-8-22(23)24-18-26(33-3)27(19-25(24)30-28)34-17-7-14-31-12-4-5-13-31;2-1-3/h18-21H,4-17H2,1-3H3,(H,29,30);1H,(H,2,3). The Morgan fingerprint density at radius 1 is 1.08 bits per heavy atom. The second kappa shape index (κ2) is 13.3. The van der Waals surface area contributed by atoms with Crippen molar-refractivity contribution in [3.05, 3.63) is 23.3 Å². The minimum absolute atomic E-state index is 0.250. The minimum atomic E-state index is -0.250. The molecule has 2 aliphatic heterocycles. The van der Waals surface area contributed by atoms with Crippen LogP contribution in [0.1, 0.15) is 63.5 Å². The first-order chi connectivity index (χ1) is 18.0. The molecule has 1 aromatic carbocycles. The van der Waals surface area contributed by atoms with Crippen molar-refractivity contribution < 1.29 is 19.4 Å². The van der Waals surface area contributed by atoms with E-state index in [9.17, 15) is 0 Å². The molecule has 0 unspecified atom stereocenters. The van der Waals surface area contributed by atoms with Crippen molar-refractivity contribution in [1.82, 2.24) is 14.8 Å². The molecule has 2 N–H and O–H groups in total. The van der Waals surface area contributed by atoms with Gasteiger partial charge in [-0.3, -0.25) is 4.79 Å². The van der Waals surface area contributed by atoms with E-state index in [0.29, 0.717) is 18.7 Å². The fourth-order valence-electron chi connectivity index (χ4n) is 6.00. The molecular formula is C29H44N4O4. The zero-order valence-electron chi connectivity index (χ0n) is 22.8. The first-order valence-electron chi connectivity index (χ1n) is 14.0. The number of carboxylic acid groups (broad SMARTS) is 1.